The largest absolute Gasteiger partial charge is 0.488 e. The molecule has 0 aromatic heterocycles. The van der Waals surface area contributed by atoms with Crippen LogP contribution in [0.2, 0.25) is 0 Å². The normalized spacial score (nSPS) is 13.6. The van der Waals surface area contributed by atoms with Gasteiger partial charge in [0.2, 0.25) is 0 Å². The molecular weight excluding hydrogens is 396 g/mol. The summed E-state index contributed by atoms with van der Waals surface area (Å²) < 4.78 is 28.9. The van der Waals surface area contributed by atoms with Crippen molar-refractivity contribution in [2.45, 2.75) is 31.1 Å². The van der Waals surface area contributed by atoms with E-state index < -0.39 is 9.84 Å². The van der Waals surface area contributed by atoms with Crippen LogP contribution in [0.5, 0.6) is 5.75 Å². The van der Waals surface area contributed by atoms with Gasteiger partial charge in [0.05, 0.1) is 10.5 Å². The molecule has 6 heteroatoms. The van der Waals surface area contributed by atoms with Crippen LogP contribution in [-0.4, -0.2) is 19.6 Å². The van der Waals surface area contributed by atoms with Gasteiger partial charge in [-0.1, -0.05) is 42.5 Å². The summed E-state index contributed by atoms with van der Waals surface area (Å²) in [6.45, 7) is 2.87. The number of fused-ring (bicyclic) bond motifs is 1. The van der Waals surface area contributed by atoms with Gasteiger partial charge in [-0.05, 0) is 46.5 Å². The van der Waals surface area contributed by atoms with Crippen molar-refractivity contribution in [1.82, 2.24) is 4.90 Å². The molecule has 0 bridgehead atoms. The van der Waals surface area contributed by atoms with Crippen molar-refractivity contribution >= 4 is 9.84 Å². The van der Waals surface area contributed by atoms with Crippen molar-refractivity contribution in [1.29, 1.82) is 5.26 Å². The van der Waals surface area contributed by atoms with Gasteiger partial charge in [-0.3, -0.25) is 4.90 Å². The zero-order chi connectivity index (χ0) is 21.1. The lowest BCUT2D eigenvalue weighted by molar-refractivity contribution is 0.275. The molecule has 0 unspecified atom stereocenters. The molecule has 0 spiro atoms. The third kappa shape index (κ3) is 4.54. The Hall–Kier alpha value is -3.14. The Balaban J connectivity index is 1.41. The molecule has 0 radical (unpaired) electrons. The Morgan fingerprint density at radius 3 is 2.20 bits per heavy atom. The van der Waals surface area contributed by atoms with Crippen LogP contribution in [0.4, 0.5) is 0 Å². The predicted molar refractivity (Wildman–Crippen MR) is 114 cm³/mol. The number of sulfone groups is 1. The summed E-state index contributed by atoms with van der Waals surface area (Å²) in [5, 5.41) is 9.56. The summed E-state index contributed by atoms with van der Waals surface area (Å²) in [7, 11) is -3.22. The first-order valence-corrected chi connectivity index (χ1v) is 11.6. The zero-order valence-electron chi connectivity index (χ0n) is 16.7. The first kappa shape index (κ1) is 20.1. The third-order valence-electron chi connectivity index (χ3n) is 5.22. The number of hydrogen-bond acceptors (Lipinski definition) is 5. The summed E-state index contributed by atoms with van der Waals surface area (Å²) in [6.07, 6.45) is 1.18. The van der Waals surface area contributed by atoms with E-state index >= 15 is 0 Å². The van der Waals surface area contributed by atoms with Gasteiger partial charge in [0.25, 0.3) is 0 Å². The van der Waals surface area contributed by atoms with Crippen molar-refractivity contribution in [3.05, 3.63) is 94.5 Å². The average Bonchev–Trinajstić information content (AvgIpc) is 3.14. The molecule has 0 saturated carbocycles. The number of benzene rings is 3. The molecule has 3 aromatic rings. The van der Waals surface area contributed by atoms with E-state index in [2.05, 4.69) is 35.2 Å². The maximum atomic E-state index is 11.6. The van der Waals surface area contributed by atoms with Crippen LogP contribution in [0.15, 0.2) is 71.6 Å². The molecule has 0 N–H and O–H groups in total. The van der Waals surface area contributed by atoms with Crippen molar-refractivity contribution in [3.8, 4) is 11.8 Å². The number of rotatable bonds is 6. The monoisotopic (exact) mass is 418 g/mol. The Kier molecular flexibility index (Phi) is 5.58. The van der Waals surface area contributed by atoms with Gasteiger partial charge >= 0.3 is 0 Å². The molecule has 3 aromatic carbocycles. The Bertz CT molecular complexity index is 1190. The molecule has 0 aliphatic carbocycles. The summed E-state index contributed by atoms with van der Waals surface area (Å²) in [4.78, 5) is 2.63. The molecule has 1 aliphatic heterocycles. The fourth-order valence-corrected chi connectivity index (χ4v) is 4.29. The van der Waals surface area contributed by atoms with Gasteiger partial charge in [-0.25, -0.2) is 8.42 Å². The number of hydrogen-bond donors (Lipinski definition) is 0. The van der Waals surface area contributed by atoms with Gasteiger partial charge in [-0.2, -0.15) is 5.26 Å². The van der Waals surface area contributed by atoms with E-state index in [4.69, 9.17) is 4.74 Å². The van der Waals surface area contributed by atoms with E-state index in [1.54, 1.807) is 24.3 Å². The first-order chi connectivity index (χ1) is 14.4. The number of ether oxygens (including phenoxy) is 1. The summed E-state index contributed by atoms with van der Waals surface area (Å²) in [6, 6.07) is 23.0. The SMILES string of the molecule is CS(=O)(=O)c1ccc(COc2ccc(CN3Cc4ccccc4C3)cc2C#N)cc1. The van der Waals surface area contributed by atoms with Gasteiger partial charge < -0.3 is 4.74 Å². The second-order valence-electron chi connectivity index (χ2n) is 7.56. The Labute approximate surface area is 177 Å². The van der Waals surface area contributed by atoms with Crippen LogP contribution >= 0.6 is 0 Å². The lowest BCUT2D eigenvalue weighted by Crippen LogP contribution is -2.15. The molecular formula is C24H22N2O3S. The third-order valence-corrected chi connectivity index (χ3v) is 6.35. The van der Waals surface area contributed by atoms with E-state index in [0.717, 1.165) is 30.8 Å². The molecule has 1 heterocycles. The number of nitrogens with zero attached hydrogens (tertiary/aromatic N) is 2. The summed E-state index contributed by atoms with van der Waals surface area (Å²) >= 11 is 0. The van der Waals surface area contributed by atoms with Crippen LogP contribution in [0.3, 0.4) is 0 Å². The second-order valence-corrected chi connectivity index (χ2v) is 9.58. The van der Waals surface area contributed by atoms with Gasteiger partial charge in [0.1, 0.15) is 18.4 Å². The molecule has 30 heavy (non-hydrogen) atoms. The Morgan fingerprint density at radius 2 is 1.60 bits per heavy atom. The quantitative estimate of drug-likeness (QED) is 0.604. The highest BCUT2D eigenvalue weighted by Crippen LogP contribution is 2.26. The molecule has 5 nitrogen and oxygen atoms in total. The topological polar surface area (TPSA) is 70.4 Å². The molecule has 0 atom stereocenters. The smallest absolute Gasteiger partial charge is 0.175 e. The molecule has 0 amide bonds. The van der Waals surface area contributed by atoms with Crippen LogP contribution in [0, 0.1) is 11.3 Å². The lowest BCUT2D eigenvalue weighted by Gasteiger charge is -2.16. The van der Waals surface area contributed by atoms with Crippen molar-refractivity contribution in [3.63, 3.8) is 0 Å². The maximum absolute atomic E-state index is 11.6. The number of nitriles is 1. The van der Waals surface area contributed by atoms with Gasteiger partial charge in [0.15, 0.2) is 9.84 Å². The Morgan fingerprint density at radius 1 is 0.967 bits per heavy atom. The standard InChI is InChI=1S/C24H22N2O3S/c1-30(27,28)23-9-6-18(7-10-23)17-29-24-11-8-19(12-22(24)13-25)14-26-15-20-4-2-3-5-21(20)16-26/h2-12H,14-17H2,1H3. The predicted octanol–water partition coefficient (Wildman–Crippen LogP) is 4.06. The van der Waals surface area contributed by atoms with Crippen molar-refractivity contribution < 1.29 is 13.2 Å². The molecule has 152 valence electrons. The van der Waals surface area contributed by atoms with E-state index in [1.165, 1.54) is 17.4 Å². The molecule has 0 saturated heterocycles. The van der Waals surface area contributed by atoms with E-state index in [1.807, 2.05) is 18.2 Å². The first-order valence-electron chi connectivity index (χ1n) is 9.66. The fraction of sp³-hybridized carbons (Fsp3) is 0.208. The van der Waals surface area contributed by atoms with Gasteiger partial charge in [0, 0.05) is 25.9 Å². The lowest BCUT2D eigenvalue weighted by atomic mass is 10.1. The van der Waals surface area contributed by atoms with Crippen LogP contribution in [0.1, 0.15) is 27.8 Å². The van der Waals surface area contributed by atoms with Crippen molar-refractivity contribution in [2.24, 2.45) is 0 Å². The maximum Gasteiger partial charge on any atom is 0.175 e. The summed E-state index contributed by atoms with van der Waals surface area (Å²) in [5.41, 5.74) is 5.13. The second kappa shape index (κ2) is 8.31. The van der Waals surface area contributed by atoms with Crippen LogP contribution < -0.4 is 4.74 Å². The molecule has 0 fully saturated rings. The highest BCUT2D eigenvalue weighted by molar-refractivity contribution is 7.90. The minimum absolute atomic E-state index is 0.263. The summed E-state index contributed by atoms with van der Waals surface area (Å²) in [5.74, 6) is 0.526. The van der Waals surface area contributed by atoms with E-state index in [0.29, 0.717) is 11.3 Å². The zero-order valence-corrected chi connectivity index (χ0v) is 17.5. The van der Waals surface area contributed by atoms with Crippen molar-refractivity contribution in [2.75, 3.05) is 6.26 Å². The average molecular weight is 419 g/mol. The highest BCUT2D eigenvalue weighted by atomic mass is 32.2. The van der Waals surface area contributed by atoms with Gasteiger partial charge in [-0.15, -0.1) is 0 Å². The van der Waals surface area contributed by atoms with E-state index in [-0.39, 0.29) is 11.5 Å². The minimum Gasteiger partial charge on any atom is -0.488 e. The molecule has 4 rings (SSSR count). The molecule has 1 aliphatic rings. The fourth-order valence-electron chi connectivity index (χ4n) is 3.66. The van der Waals surface area contributed by atoms with Crippen LogP contribution in [-0.2, 0) is 36.1 Å². The minimum atomic E-state index is -3.22. The van der Waals surface area contributed by atoms with Crippen LogP contribution in [0.25, 0.3) is 0 Å². The highest BCUT2D eigenvalue weighted by Gasteiger charge is 2.18. The van der Waals surface area contributed by atoms with E-state index in [9.17, 15) is 13.7 Å².